The molecule has 0 bridgehead atoms. The monoisotopic (exact) mass is 1030 g/mol. The lowest BCUT2D eigenvalue weighted by atomic mass is 9.74. The number of benzene rings is 12. The topological polar surface area (TPSA) is 6.48 Å². The highest BCUT2D eigenvalue weighted by Crippen LogP contribution is 2.55. The molecule has 0 aliphatic heterocycles. The standard InChI is InChI=1S/C74H50N2S2/c1-73(65-25-13-9-21-57(65)58-22-10-14-26-66(58)73)49-29-33-53(34-30-49)75(51-17-5-3-6-18-51)55-37-39-61-63-41-47-44-70-64(42-48(47)43-69(63)77-71(61)45-55)62-40-38-56(46-72(62)78-70)76(52-19-7-4-8-20-52)54-35-31-50(32-36-54)74(2)67-27-15-11-23-59(67)60-24-12-16-28-68(60)74/h3-46H,1-2H3. The zero-order valence-corrected chi connectivity index (χ0v) is 44.7. The van der Waals surface area contributed by atoms with Crippen molar-refractivity contribution < 1.29 is 0 Å². The number of para-hydroxylation sites is 2. The van der Waals surface area contributed by atoms with Crippen molar-refractivity contribution >= 4 is 108 Å². The van der Waals surface area contributed by atoms with Gasteiger partial charge in [-0.25, -0.2) is 0 Å². The molecular weight excluding hydrogens is 981 g/mol. The van der Waals surface area contributed by atoms with E-state index in [4.69, 9.17) is 0 Å². The minimum atomic E-state index is -0.245. The predicted molar refractivity (Wildman–Crippen MR) is 334 cm³/mol. The lowest BCUT2D eigenvalue weighted by Gasteiger charge is -2.30. The molecule has 12 aromatic carbocycles. The number of anilines is 6. The van der Waals surface area contributed by atoms with E-state index >= 15 is 0 Å². The van der Waals surface area contributed by atoms with Gasteiger partial charge in [0.05, 0.1) is 0 Å². The summed E-state index contributed by atoms with van der Waals surface area (Å²) in [5.41, 5.74) is 19.7. The maximum absolute atomic E-state index is 2.43. The first-order chi connectivity index (χ1) is 38.4. The molecule has 0 amide bonds. The molecule has 78 heavy (non-hydrogen) atoms. The van der Waals surface area contributed by atoms with E-state index in [0.717, 1.165) is 34.1 Å². The summed E-state index contributed by atoms with van der Waals surface area (Å²) in [6.07, 6.45) is 0. The van der Waals surface area contributed by atoms with Crippen molar-refractivity contribution in [3.63, 3.8) is 0 Å². The van der Waals surface area contributed by atoms with Crippen molar-refractivity contribution in [1.29, 1.82) is 0 Å². The van der Waals surface area contributed by atoms with Gasteiger partial charge in [-0.15, -0.1) is 22.7 Å². The third-order valence-corrected chi connectivity index (χ3v) is 19.6. The molecule has 0 saturated carbocycles. The first-order valence-electron chi connectivity index (χ1n) is 27.0. The average molecular weight is 1030 g/mol. The maximum Gasteiger partial charge on any atom is 0.0476 e. The van der Waals surface area contributed by atoms with Crippen molar-refractivity contribution in [1.82, 2.24) is 0 Å². The highest BCUT2D eigenvalue weighted by molar-refractivity contribution is 7.26. The largest absolute Gasteiger partial charge is 0.310 e. The molecule has 16 rings (SSSR count). The van der Waals surface area contributed by atoms with Gasteiger partial charge in [0.25, 0.3) is 0 Å². The van der Waals surface area contributed by atoms with Crippen molar-refractivity contribution in [2.24, 2.45) is 0 Å². The molecular formula is C74H50N2S2. The second-order valence-corrected chi connectivity index (χ2v) is 23.6. The van der Waals surface area contributed by atoms with Crippen LogP contribution in [0.3, 0.4) is 0 Å². The molecule has 2 nitrogen and oxygen atoms in total. The van der Waals surface area contributed by atoms with Crippen LogP contribution in [0.5, 0.6) is 0 Å². The molecule has 0 N–H and O–H groups in total. The Labute approximate surface area is 462 Å². The molecule has 2 aliphatic carbocycles. The van der Waals surface area contributed by atoms with Gasteiger partial charge in [0, 0.05) is 85.3 Å². The second-order valence-electron chi connectivity index (χ2n) is 21.5. The van der Waals surface area contributed by atoms with Crippen LogP contribution in [0.1, 0.15) is 47.2 Å². The molecule has 2 aliphatic rings. The minimum Gasteiger partial charge on any atom is -0.310 e. The minimum absolute atomic E-state index is 0.245. The fourth-order valence-corrected chi connectivity index (χ4v) is 15.9. The van der Waals surface area contributed by atoms with Gasteiger partial charge in [-0.05, 0) is 177 Å². The van der Waals surface area contributed by atoms with Crippen LogP contribution < -0.4 is 9.80 Å². The summed E-state index contributed by atoms with van der Waals surface area (Å²) in [6, 6.07) is 99.6. The predicted octanol–water partition coefficient (Wildman–Crippen LogP) is 21.2. The summed E-state index contributed by atoms with van der Waals surface area (Å²) in [4.78, 5) is 4.80. The Bertz CT molecular complexity index is 4310. The molecule has 2 aromatic heterocycles. The van der Waals surface area contributed by atoms with Gasteiger partial charge >= 0.3 is 0 Å². The van der Waals surface area contributed by atoms with Gasteiger partial charge in [-0.2, -0.15) is 0 Å². The van der Waals surface area contributed by atoms with Crippen molar-refractivity contribution in [2.45, 2.75) is 24.7 Å². The number of rotatable bonds is 8. The molecule has 14 aromatic rings. The normalized spacial score (nSPS) is 13.7. The van der Waals surface area contributed by atoms with Gasteiger partial charge in [0.1, 0.15) is 0 Å². The lowest BCUT2D eigenvalue weighted by molar-refractivity contribution is 0.714. The van der Waals surface area contributed by atoms with Crippen LogP contribution in [-0.4, -0.2) is 0 Å². The van der Waals surface area contributed by atoms with Crippen molar-refractivity contribution in [2.75, 3.05) is 9.80 Å². The van der Waals surface area contributed by atoms with E-state index in [1.807, 2.05) is 22.7 Å². The fourth-order valence-electron chi connectivity index (χ4n) is 13.5. The Morgan fingerprint density at radius 2 is 0.551 bits per heavy atom. The van der Waals surface area contributed by atoms with Crippen LogP contribution in [-0.2, 0) is 10.8 Å². The van der Waals surface area contributed by atoms with E-state index in [9.17, 15) is 0 Å². The zero-order valence-electron chi connectivity index (χ0n) is 43.1. The van der Waals surface area contributed by atoms with Crippen LogP contribution in [0.4, 0.5) is 34.1 Å². The Balaban J connectivity index is 0.741. The Morgan fingerprint density at radius 1 is 0.256 bits per heavy atom. The molecule has 368 valence electrons. The molecule has 2 heterocycles. The summed E-state index contributed by atoms with van der Waals surface area (Å²) in [6.45, 7) is 4.77. The Morgan fingerprint density at radius 3 is 0.910 bits per heavy atom. The second kappa shape index (κ2) is 17.2. The van der Waals surface area contributed by atoms with Crippen molar-refractivity contribution in [3.05, 3.63) is 300 Å². The highest BCUT2D eigenvalue weighted by atomic mass is 32.1. The van der Waals surface area contributed by atoms with Crippen LogP contribution in [0.15, 0.2) is 267 Å². The quantitative estimate of drug-likeness (QED) is 0.150. The molecule has 0 radical (unpaired) electrons. The van der Waals surface area contributed by atoms with Crippen molar-refractivity contribution in [3.8, 4) is 22.3 Å². The van der Waals surface area contributed by atoms with Gasteiger partial charge in [0.2, 0.25) is 0 Å². The van der Waals surface area contributed by atoms with Gasteiger partial charge in [0.15, 0.2) is 0 Å². The van der Waals surface area contributed by atoms with E-state index in [-0.39, 0.29) is 10.8 Å². The summed E-state index contributed by atoms with van der Waals surface area (Å²) in [7, 11) is 0. The van der Waals surface area contributed by atoms with Crippen LogP contribution in [0.2, 0.25) is 0 Å². The first kappa shape index (κ1) is 45.2. The molecule has 0 fully saturated rings. The Kier molecular flexibility index (Phi) is 9.97. The maximum atomic E-state index is 2.43. The fraction of sp³-hybridized carbons (Fsp3) is 0.0541. The van der Waals surface area contributed by atoms with Gasteiger partial charge in [-0.3, -0.25) is 0 Å². The number of hydrogen-bond donors (Lipinski definition) is 0. The summed E-state index contributed by atoms with van der Waals surface area (Å²) >= 11 is 3.78. The lowest BCUT2D eigenvalue weighted by Crippen LogP contribution is -2.22. The van der Waals surface area contributed by atoms with Gasteiger partial charge in [-0.1, -0.05) is 170 Å². The number of fused-ring (bicyclic) bond motifs is 13. The Hall–Kier alpha value is -9.06. The number of nitrogens with zero attached hydrogens (tertiary/aromatic N) is 2. The van der Waals surface area contributed by atoms with E-state index in [2.05, 4.69) is 291 Å². The molecule has 0 atom stereocenters. The van der Waals surface area contributed by atoms with E-state index in [0.29, 0.717) is 0 Å². The number of thiophene rings is 2. The van der Waals surface area contributed by atoms with Crippen LogP contribution in [0, 0.1) is 0 Å². The first-order valence-corrected chi connectivity index (χ1v) is 28.6. The molecule has 4 heteroatoms. The van der Waals surface area contributed by atoms with Gasteiger partial charge < -0.3 is 9.80 Å². The third kappa shape index (κ3) is 6.67. The van der Waals surface area contributed by atoms with E-state index in [1.165, 1.54) is 107 Å². The smallest absolute Gasteiger partial charge is 0.0476 e. The van der Waals surface area contributed by atoms with E-state index in [1.54, 1.807) is 0 Å². The molecule has 0 spiro atoms. The summed E-state index contributed by atoms with van der Waals surface area (Å²) < 4.78 is 5.17. The molecule has 0 saturated heterocycles. The van der Waals surface area contributed by atoms with Crippen LogP contribution in [0.25, 0.3) is 73.4 Å². The average Bonchev–Trinajstić information content (AvgIpc) is 4.21. The number of hydrogen-bond acceptors (Lipinski definition) is 4. The zero-order chi connectivity index (χ0) is 51.7. The molecule has 0 unspecified atom stereocenters. The van der Waals surface area contributed by atoms with E-state index < -0.39 is 0 Å². The SMILES string of the molecule is CC1(c2ccc(N(c3ccccc3)c3ccc4c(c3)sc3cc5cc6c(cc5cc34)sc3cc(N(c4ccccc4)c4ccc(C5(C)c7ccccc7-c7ccccc75)cc4)ccc36)cc2)c2ccccc2-c2ccccc21. The van der Waals surface area contributed by atoms with Crippen LogP contribution >= 0.6 is 22.7 Å². The third-order valence-electron chi connectivity index (χ3n) is 17.4. The highest BCUT2D eigenvalue weighted by Gasteiger charge is 2.42. The summed E-state index contributed by atoms with van der Waals surface area (Å²) in [5, 5.41) is 7.72. The summed E-state index contributed by atoms with van der Waals surface area (Å²) in [5.74, 6) is 0.